The molecule has 102 valence electrons. The van der Waals surface area contributed by atoms with E-state index in [1.807, 2.05) is 12.1 Å². The van der Waals surface area contributed by atoms with Crippen molar-refractivity contribution >= 4 is 62.2 Å². The summed E-state index contributed by atoms with van der Waals surface area (Å²) in [5, 5.41) is 7.41. The smallest absolute Gasteiger partial charge is 0.256 e. The lowest BCUT2D eigenvalue weighted by Crippen LogP contribution is -2.19. The van der Waals surface area contributed by atoms with E-state index in [0.29, 0.717) is 17.0 Å². The zero-order valence-corrected chi connectivity index (χ0v) is 13.3. The summed E-state index contributed by atoms with van der Waals surface area (Å²) in [6, 6.07) is 7.29. The molecule has 2 N–H and O–H groups in total. The fourth-order valence-corrected chi connectivity index (χ4v) is 3.72. The van der Waals surface area contributed by atoms with Gasteiger partial charge in [-0.2, -0.15) is 0 Å². The molecule has 20 heavy (non-hydrogen) atoms. The van der Waals surface area contributed by atoms with Crippen LogP contribution < -0.4 is 10.6 Å². The van der Waals surface area contributed by atoms with Crippen molar-refractivity contribution in [2.75, 3.05) is 16.4 Å². The minimum Gasteiger partial charge on any atom is -0.324 e. The van der Waals surface area contributed by atoms with Gasteiger partial charge in [0.2, 0.25) is 5.91 Å². The Balaban J connectivity index is 1.80. The Morgan fingerprint density at radius 1 is 1.35 bits per heavy atom. The van der Waals surface area contributed by atoms with Crippen LogP contribution in [0.5, 0.6) is 0 Å². The van der Waals surface area contributed by atoms with Gasteiger partial charge >= 0.3 is 0 Å². The van der Waals surface area contributed by atoms with Crippen LogP contribution in [0.25, 0.3) is 0 Å². The first-order chi connectivity index (χ1) is 9.61. The highest BCUT2D eigenvalue weighted by Crippen LogP contribution is 2.33. The summed E-state index contributed by atoms with van der Waals surface area (Å²) in [5.41, 5.74) is 2.02. The maximum atomic E-state index is 12.0. The quantitative estimate of drug-likeness (QED) is 0.847. The molecular weight excluding hydrogens is 360 g/mol. The first-order valence-electron chi connectivity index (χ1n) is 5.74. The fourth-order valence-electron chi connectivity index (χ4n) is 1.79. The molecule has 0 saturated heterocycles. The lowest BCUT2D eigenvalue weighted by molar-refractivity contribution is -0.113. The van der Waals surface area contributed by atoms with Crippen LogP contribution in [0, 0.1) is 0 Å². The third kappa shape index (κ3) is 2.89. The molecule has 1 aliphatic rings. The number of hydrogen-bond donors (Lipinski definition) is 2. The summed E-state index contributed by atoms with van der Waals surface area (Å²) in [6.45, 7) is 0. The minimum absolute atomic E-state index is 0.0206. The van der Waals surface area contributed by atoms with Gasteiger partial charge in [-0.15, -0.1) is 23.1 Å². The molecule has 2 heterocycles. The summed E-state index contributed by atoms with van der Waals surface area (Å²) in [6.07, 6.45) is 0. The summed E-state index contributed by atoms with van der Waals surface area (Å²) in [7, 11) is 0. The molecule has 2 amide bonds. The van der Waals surface area contributed by atoms with Crippen LogP contribution in [0.15, 0.2) is 38.3 Å². The molecule has 1 aliphatic heterocycles. The van der Waals surface area contributed by atoms with Crippen LogP contribution in [0.4, 0.5) is 11.4 Å². The van der Waals surface area contributed by atoms with Crippen LogP contribution in [-0.2, 0) is 4.79 Å². The molecule has 1 aromatic carbocycles. The highest BCUT2D eigenvalue weighted by molar-refractivity contribution is 9.11. The Morgan fingerprint density at radius 2 is 2.20 bits per heavy atom. The topological polar surface area (TPSA) is 58.2 Å². The van der Waals surface area contributed by atoms with Crippen molar-refractivity contribution in [1.29, 1.82) is 0 Å². The third-order valence-corrected chi connectivity index (χ3v) is 5.28. The van der Waals surface area contributed by atoms with E-state index >= 15 is 0 Å². The number of thioether (sulfide) groups is 1. The average molecular weight is 369 g/mol. The molecule has 3 rings (SSSR count). The molecule has 0 unspecified atom stereocenters. The molecular formula is C13H9BrN2O2S2. The second kappa shape index (κ2) is 5.59. The van der Waals surface area contributed by atoms with Crippen molar-refractivity contribution in [3.8, 4) is 0 Å². The highest BCUT2D eigenvalue weighted by atomic mass is 79.9. The van der Waals surface area contributed by atoms with Crippen LogP contribution in [0.2, 0.25) is 0 Å². The van der Waals surface area contributed by atoms with E-state index in [-0.39, 0.29) is 11.8 Å². The van der Waals surface area contributed by atoms with Crippen LogP contribution in [-0.4, -0.2) is 17.6 Å². The van der Waals surface area contributed by atoms with E-state index in [2.05, 4.69) is 26.6 Å². The molecule has 0 saturated carbocycles. The number of benzene rings is 1. The van der Waals surface area contributed by atoms with Crippen LogP contribution >= 0.6 is 39.0 Å². The molecule has 0 radical (unpaired) electrons. The number of rotatable bonds is 2. The number of nitrogens with one attached hydrogen (secondary N) is 2. The van der Waals surface area contributed by atoms with Gasteiger partial charge in [0.25, 0.3) is 5.91 Å². The number of amides is 2. The number of thiophene rings is 1. The maximum absolute atomic E-state index is 12.0. The maximum Gasteiger partial charge on any atom is 0.256 e. The van der Waals surface area contributed by atoms with Gasteiger partial charge in [0.1, 0.15) is 0 Å². The Labute approximate surface area is 132 Å². The van der Waals surface area contributed by atoms with E-state index in [9.17, 15) is 9.59 Å². The van der Waals surface area contributed by atoms with Crippen LogP contribution in [0.1, 0.15) is 10.4 Å². The van der Waals surface area contributed by atoms with Gasteiger partial charge in [-0.05, 0) is 40.2 Å². The van der Waals surface area contributed by atoms with E-state index in [0.717, 1.165) is 14.4 Å². The van der Waals surface area contributed by atoms with Crippen molar-refractivity contribution in [3.05, 3.63) is 39.0 Å². The predicted molar refractivity (Wildman–Crippen MR) is 85.8 cm³/mol. The van der Waals surface area contributed by atoms with E-state index in [1.54, 1.807) is 17.5 Å². The summed E-state index contributed by atoms with van der Waals surface area (Å²) >= 11 is 6.29. The highest BCUT2D eigenvalue weighted by Gasteiger charge is 2.16. The number of anilines is 2. The Bertz CT molecular complexity index is 699. The van der Waals surface area contributed by atoms with Gasteiger partial charge in [-0.1, -0.05) is 0 Å². The van der Waals surface area contributed by atoms with Gasteiger partial charge in [0, 0.05) is 16.0 Å². The molecule has 0 bridgehead atoms. The molecule has 1 aromatic heterocycles. The number of carbonyl (C=O) groups excluding carboxylic acids is 2. The largest absolute Gasteiger partial charge is 0.324 e. The monoisotopic (exact) mass is 368 g/mol. The van der Waals surface area contributed by atoms with Crippen LogP contribution in [0.3, 0.4) is 0 Å². The van der Waals surface area contributed by atoms with E-state index in [4.69, 9.17) is 0 Å². The van der Waals surface area contributed by atoms with Gasteiger partial charge < -0.3 is 10.6 Å². The Morgan fingerprint density at radius 3 is 2.95 bits per heavy atom. The van der Waals surface area contributed by atoms with Gasteiger partial charge in [0.05, 0.1) is 20.8 Å². The van der Waals surface area contributed by atoms with Crippen molar-refractivity contribution in [3.63, 3.8) is 0 Å². The Hall–Kier alpha value is -1.31. The van der Waals surface area contributed by atoms with Crippen molar-refractivity contribution < 1.29 is 9.59 Å². The SMILES string of the molecule is O=C1CSc2ccc(NC(=O)c3csc(Br)c3)cc2N1. The third-order valence-electron chi connectivity index (χ3n) is 2.70. The number of halogens is 1. The predicted octanol–water partition coefficient (Wildman–Crippen LogP) is 3.81. The molecule has 2 aromatic rings. The number of hydrogen-bond acceptors (Lipinski definition) is 4. The molecule has 7 heteroatoms. The molecule has 0 spiro atoms. The van der Waals surface area contributed by atoms with Gasteiger partial charge in [0.15, 0.2) is 0 Å². The first kappa shape index (κ1) is 13.7. The van der Waals surface area contributed by atoms with E-state index < -0.39 is 0 Å². The van der Waals surface area contributed by atoms with E-state index in [1.165, 1.54) is 23.1 Å². The standard InChI is InChI=1S/C13H9BrN2O2S2/c14-11-3-7(5-20-11)13(18)15-8-1-2-10-9(4-8)16-12(17)6-19-10/h1-5H,6H2,(H,15,18)(H,16,17). The molecule has 4 nitrogen and oxygen atoms in total. The molecule has 0 atom stereocenters. The number of carbonyl (C=O) groups is 2. The summed E-state index contributed by atoms with van der Waals surface area (Å²) in [5.74, 6) is 0.246. The van der Waals surface area contributed by atoms with Crippen molar-refractivity contribution in [2.45, 2.75) is 4.90 Å². The zero-order valence-electron chi connectivity index (χ0n) is 10.1. The average Bonchev–Trinajstić information content (AvgIpc) is 2.85. The molecule has 0 fully saturated rings. The Kier molecular flexibility index (Phi) is 3.82. The van der Waals surface area contributed by atoms with Crippen molar-refractivity contribution in [1.82, 2.24) is 0 Å². The second-order valence-electron chi connectivity index (χ2n) is 4.14. The minimum atomic E-state index is -0.165. The zero-order chi connectivity index (χ0) is 14.1. The number of fused-ring (bicyclic) bond motifs is 1. The van der Waals surface area contributed by atoms with Crippen molar-refractivity contribution in [2.24, 2.45) is 0 Å². The lowest BCUT2D eigenvalue weighted by Gasteiger charge is -2.17. The fraction of sp³-hybridized carbons (Fsp3) is 0.0769. The summed E-state index contributed by atoms with van der Waals surface area (Å²) in [4.78, 5) is 24.4. The summed E-state index contributed by atoms with van der Waals surface area (Å²) < 4.78 is 0.914. The lowest BCUT2D eigenvalue weighted by atomic mass is 10.2. The molecule has 0 aliphatic carbocycles. The second-order valence-corrected chi connectivity index (χ2v) is 7.45. The van der Waals surface area contributed by atoms with Gasteiger partial charge in [-0.3, -0.25) is 9.59 Å². The van der Waals surface area contributed by atoms with Gasteiger partial charge in [-0.25, -0.2) is 0 Å². The first-order valence-corrected chi connectivity index (χ1v) is 8.40. The normalized spacial score (nSPS) is 13.6.